The van der Waals surface area contributed by atoms with Crippen LogP contribution in [-0.2, 0) is 35.7 Å². The molecule has 2 unspecified atom stereocenters. The van der Waals surface area contributed by atoms with Crippen LogP contribution in [0.3, 0.4) is 0 Å². The third-order valence-electron chi connectivity index (χ3n) is 11.1. The van der Waals surface area contributed by atoms with Gasteiger partial charge in [0.05, 0.1) is 41.4 Å². The Morgan fingerprint density at radius 1 is 0.705 bits per heavy atom. The minimum atomic E-state index is -0.650. The van der Waals surface area contributed by atoms with Crippen molar-refractivity contribution in [3.05, 3.63) is 174 Å². The van der Waals surface area contributed by atoms with Gasteiger partial charge >= 0.3 is 0 Å². The van der Waals surface area contributed by atoms with Gasteiger partial charge in [-0.3, -0.25) is 34.4 Å². The van der Waals surface area contributed by atoms with Gasteiger partial charge in [-0.2, -0.15) is 0 Å². The summed E-state index contributed by atoms with van der Waals surface area (Å²) in [5, 5.41) is 25.8. The third-order valence-corrected chi connectivity index (χ3v) is 11.1. The molecule has 8 rings (SSSR count). The van der Waals surface area contributed by atoms with Gasteiger partial charge in [0.15, 0.2) is 0 Å². The number of pyridine rings is 3. The first kappa shape index (κ1) is 41.6. The SMILES string of the molecule is O=C(NCCONCCCCc1ccc2ccc3cccc4ccc1c2c34)C1=CNC(CN(Cc2ccccn2)CC(O)CN(Cc2ccccn2)Cc2ccccn2)C=C1. The Hall–Kier alpha value is -6.08. The van der Waals surface area contributed by atoms with E-state index in [4.69, 9.17) is 4.84 Å². The van der Waals surface area contributed by atoms with Gasteiger partial charge in [0.25, 0.3) is 5.91 Å². The van der Waals surface area contributed by atoms with E-state index in [9.17, 15) is 9.90 Å². The fourth-order valence-corrected chi connectivity index (χ4v) is 8.25. The van der Waals surface area contributed by atoms with Crippen molar-refractivity contribution in [1.82, 2.24) is 40.9 Å². The van der Waals surface area contributed by atoms with E-state index in [1.165, 1.54) is 37.9 Å². The molecule has 2 atom stereocenters. The van der Waals surface area contributed by atoms with Gasteiger partial charge in [0.1, 0.15) is 0 Å². The summed E-state index contributed by atoms with van der Waals surface area (Å²) >= 11 is 0. The van der Waals surface area contributed by atoms with Crippen molar-refractivity contribution < 1.29 is 14.7 Å². The van der Waals surface area contributed by atoms with Crippen molar-refractivity contribution in [2.45, 2.75) is 51.0 Å². The molecule has 0 saturated carbocycles. The Balaban J connectivity index is 0.758. The van der Waals surface area contributed by atoms with Crippen LogP contribution in [0.15, 0.2) is 152 Å². The molecule has 1 aliphatic heterocycles. The summed E-state index contributed by atoms with van der Waals surface area (Å²) in [5.74, 6) is -0.166. The number of hydrogen-bond donors (Lipinski definition) is 4. The predicted molar refractivity (Wildman–Crippen MR) is 242 cm³/mol. The lowest BCUT2D eigenvalue weighted by Gasteiger charge is -2.31. The molecule has 0 fully saturated rings. The van der Waals surface area contributed by atoms with Gasteiger partial charge in [-0.1, -0.05) is 78.9 Å². The molecule has 3 aromatic heterocycles. The highest BCUT2D eigenvalue weighted by Crippen LogP contribution is 2.36. The zero-order valence-corrected chi connectivity index (χ0v) is 34.5. The number of nitrogens with zero attached hydrogens (tertiary/aromatic N) is 5. The van der Waals surface area contributed by atoms with Gasteiger partial charge in [0, 0.05) is 77.1 Å². The normalized spacial score (nSPS) is 14.5. The first-order valence-corrected chi connectivity index (χ1v) is 21.3. The zero-order chi connectivity index (χ0) is 41.6. The molecule has 0 saturated heterocycles. The Bertz CT molecular complexity index is 2460. The van der Waals surface area contributed by atoms with E-state index in [0.717, 1.165) is 42.9 Å². The molecule has 11 heteroatoms. The highest BCUT2D eigenvalue weighted by molar-refractivity contribution is 6.23. The van der Waals surface area contributed by atoms with Crippen LogP contribution < -0.4 is 16.1 Å². The number of aromatic nitrogens is 3. The van der Waals surface area contributed by atoms with E-state index in [1.807, 2.05) is 66.7 Å². The molecule has 4 heterocycles. The number of amides is 1. The molecule has 7 aromatic rings. The summed E-state index contributed by atoms with van der Waals surface area (Å²) in [6, 6.07) is 37.6. The summed E-state index contributed by atoms with van der Waals surface area (Å²) in [5.41, 5.74) is 7.78. The number of carbonyl (C=O) groups is 1. The minimum Gasteiger partial charge on any atom is -0.390 e. The number of aliphatic hydroxyl groups excluding tert-OH is 1. The third kappa shape index (κ3) is 11.4. The molecule has 4 aromatic carbocycles. The van der Waals surface area contributed by atoms with E-state index in [0.29, 0.717) is 58.0 Å². The molecule has 61 heavy (non-hydrogen) atoms. The summed E-state index contributed by atoms with van der Waals surface area (Å²) in [6.45, 7) is 4.70. The maximum absolute atomic E-state index is 13.0. The number of dihydropyridines is 1. The molecule has 0 spiro atoms. The Morgan fingerprint density at radius 3 is 1.97 bits per heavy atom. The first-order chi connectivity index (χ1) is 30.1. The molecule has 0 radical (unpaired) electrons. The highest BCUT2D eigenvalue weighted by Gasteiger charge is 2.22. The Kier molecular flexibility index (Phi) is 14.3. The largest absolute Gasteiger partial charge is 0.390 e. The van der Waals surface area contributed by atoms with Crippen molar-refractivity contribution in [2.75, 3.05) is 39.3 Å². The summed E-state index contributed by atoms with van der Waals surface area (Å²) in [4.78, 5) is 36.6. The van der Waals surface area contributed by atoms with Crippen LogP contribution in [0, 0.1) is 0 Å². The second-order valence-corrected chi connectivity index (χ2v) is 15.7. The number of benzene rings is 4. The average molecular weight is 815 g/mol. The van der Waals surface area contributed by atoms with Gasteiger partial charge in [0.2, 0.25) is 0 Å². The average Bonchev–Trinajstić information content (AvgIpc) is 3.29. The molecule has 1 amide bonds. The number of hydrogen-bond acceptors (Lipinski definition) is 10. The quantitative estimate of drug-likeness (QED) is 0.0334. The fraction of sp³-hybridized carbons (Fsp3) is 0.280. The van der Waals surface area contributed by atoms with Crippen LogP contribution in [-0.4, -0.2) is 87.2 Å². The van der Waals surface area contributed by atoms with Crippen molar-refractivity contribution in [1.29, 1.82) is 0 Å². The second kappa shape index (κ2) is 20.9. The van der Waals surface area contributed by atoms with Crippen molar-refractivity contribution in [3.8, 4) is 0 Å². The van der Waals surface area contributed by atoms with Crippen LogP contribution in [0.25, 0.3) is 32.3 Å². The van der Waals surface area contributed by atoms with E-state index in [1.54, 1.807) is 24.8 Å². The number of aliphatic hydroxyl groups is 1. The number of nitrogens with one attached hydrogen (secondary N) is 3. The standard InChI is InChI=1S/C50H54N8O3/c59-46(35-57(31-42-13-2-5-24-51-42)32-43-14-3-6-25-52-43)36-58(33-44-15-4-7-26-53-44)34-45-22-20-41(30-55-45)50(60)54-28-29-61-56-27-8-1-10-37-16-17-40-19-18-38-11-9-12-39-21-23-47(37)49(40)48(38)39/h2-7,9,11-26,30,45-46,55-56,59H,1,8,10,27-29,31-36H2,(H,54,60). The van der Waals surface area contributed by atoms with Gasteiger partial charge in [-0.15, -0.1) is 0 Å². The van der Waals surface area contributed by atoms with E-state index in [2.05, 4.69) is 95.5 Å². The molecule has 1 aliphatic rings. The first-order valence-electron chi connectivity index (χ1n) is 21.3. The molecule has 4 N–H and O–H groups in total. The van der Waals surface area contributed by atoms with Crippen LogP contribution in [0.2, 0.25) is 0 Å². The van der Waals surface area contributed by atoms with Crippen LogP contribution in [0.5, 0.6) is 0 Å². The second-order valence-electron chi connectivity index (χ2n) is 15.7. The molecular formula is C50H54N8O3. The summed E-state index contributed by atoms with van der Waals surface area (Å²) in [6.07, 6.45) is 13.4. The maximum atomic E-state index is 13.0. The Labute approximate surface area is 357 Å². The van der Waals surface area contributed by atoms with Crippen molar-refractivity contribution in [2.24, 2.45) is 0 Å². The minimum absolute atomic E-state index is 0.0630. The number of rotatable bonds is 22. The molecule has 0 aliphatic carbocycles. The van der Waals surface area contributed by atoms with E-state index < -0.39 is 6.10 Å². The lowest BCUT2D eigenvalue weighted by atomic mass is 9.90. The van der Waals surface area contributed by atoms with Gasteiger partial charge < -0.3 is 15.7 Å². The fourth-order valence-electron chi connectivity index (χ4n) is 8.25. The number of hydroxylamine groups is 1. The molecular weight excluding hydrogens is 761 g/mol. The smallest absolute Gasteiger partial charge is 0.252 e. The highest BCUT2D eigenvalue weighted by atomic mass is 16.6. The maximum Gasteiger partial charge on any atom is 0.252 e. The van der Waals surface area contributed by atoms with E-state index in [-0.39, 0.29) is 11.9 Å². The van der Waals surface area contributed by atoms with E-state index >= 15 is 0 Å². The van der Waals surface area contributed by atoms with Crippen molar-refractivity contribution in [3.63, 3.8) is 0 Å². The number of aryl methyl sites for hydroxylation is 1. The van der Waals surface area contributed by atoms with Gasteiger partial charge in [-0.25, -0.2) is 5.48 Å². The monoisotopic (exact) mass is 814 g/mol. The number of unbranched alkanes of at least 4 members (excludes halogenated alkanes) is 1. The molecule has 0 bridgehead atoms. The molecule has 11 nitrogen and oxygen atoms in total. The lowest BCUT2D eigenvalue weighted by molar-refractivity contribution is -0.117. The van der Waals surface area contributed by atoms with Crippen LogP contribution in [0.4, 0.5) is 0 Å². The molecule has 312 valence electrons. The zero-order valence-electron chi connectivity index (χ0n) is 34.5. The van der Waals surface area contributed by atoms with Crippen molar-refractivity contribution >= 4 is 38.2 Å². The summed E-state index contributed by atoms with van der Waals surface area (Å²) < 4.78 is 0. The van der Waals surface area contributed by atoms with Gasteiger partial charge in [-0.05, 0) is 99.6 Å². The topological polar surface area (TPSA) is 128 Å². The number of carbonyl (C=O) groups excluding carboxylic acids is 1. The van der Waals surface area contributed by atoms with Crippen LogP contribution in [0.1, 0.15) is 35.5 Å². The summed E-state index contributed by atoms with van der Waals surface area (Å²) in [7, 11) is 0. The predicted octanol–water partition coefficient (Wildman–Crippen LogP) is 6.71. The van der Waals surface area contributed by atoms with Crippen LogP contribution >= 0.6 is 0 Å². The lowest BCUT2D eigenvalue weighted by Crippen LogP contribution is -2.45. The Morgan fingerprint density at radius 2 is 1.33 bits per heavy atom.